The van der Waals surface area contributed by atoms with E-state index in [4.69, 9.17) is 5.73 Å². The highest BCUT2D eigenvalue weighted by molar-refractivity contribution is 5.89. The molecule has 13 heavy (non-hydrogen) atoms. The molecular formula is C8H10N3O2. The van der Waals surface area contributed by atoms with Crippen LogP contribution in [-0.2, 0) is 10.3 Å². The van der Waals surface area contributed by atoms with Crippen molar-refractivity contribution < 1.29 is 9.59 Å². The highest BCUT2D eigenvalue weighted by Crippen LogP contribution is 2.13. The van der Waals surface area contributed by atoms with E-state index in [1.165, 1.54) is 10.8 Å². The fourth-order valence-electron chi connectivity index (χ4n) is 0.933. The lowest BCUT2D eigenvalue weighted by Crippen LogP contribution is -2.32. The largest absolute Gasteiger partial charge is 0.363 e. The molecule has 1 radical (unpaired) electrons. The van der Waals surface area contributed by atoms with Crippen LogP contribution in [0.25, 0.3) is 0 Å². The molecule has 0 bridgehead atoms. The van der Waals surface area contributed by atoms with Gasteiger partial charge in [0.2, 0.25) is 0 Å². The Bertz CT molecular complexity index is 341. The molecule has 5 nitrogen and oxygen atoms in total. The van der Waals surface area contributed by atoms with Gasteiger partial charge in [-0.15, -0.1) is 0 Å². The van der Waals surface area contributed by atoms with Crippen molar-refractivity contribution in [1.29, 1.82) is 0 Å². The normalized spacial score (nSPS) is 11.2. The Labute approximate surface area is 75.6 Å². The first-order chi connectivity index (χ1) is 5.99. The van der Waals surface area contributed by atoms with Gasteiger partial charge in [0, 0.05) is 6.20 Å². The lowest BCUT2D eigenvalue weighted by Gasteiger charge is -2.20. The van der Waals surface area contributed by atoms with Crippen molar-refractivity contribution in [3.63, 3.8) is 0 Å². The number of aldehydes is 1. The Morgan fingerprint density at radius 2 is 2.38 bits per heavy atom. The third-order valence-electron chi connectivity index (χ3n) is 1.72. The first kappa shape index (κ1) is 9.44. The van der Waals surface area contributed by atoms with Gasteiger partial charge in [0.15, 0.2) is 5.82 Å². The second kappa shape index (κ2) is 3.01. The number of imidazole rings is 1. The van der Waals surface area contributed by atoms with E-state index in [1.54, 1.807) is 13.8 Å². The van der Waals surface area contributed by atoms with Crippen LogP contribution < -0.4 is 5.73 Å². The Hall–Kier alpha value is -1.65. The molecule has 1 aromatic rings. The van der Waals surface area contributed by atoms with E-state index in [2.05, 4.69) is 11.2 Å². The average molecular weight is 180 g/mol. The van der Waals surface area contributed by atoms with Gasteiger partial charge in [0.25, 0.3) is 5.91 Å². The lowest BCUT2D eigenvalue weighted by molar-refractivity contribution is -0.113. The van der Waals surface area contributed by atoms with Gasteiger partial charge in [-0.1, -0.05) is 0 Å². The molecule has 1 rings (SSSR count). The van der Waals surface area contributed by atoms with Gasteiger partial charge in [-0.2, -0.15) is 0 Å². The first-order valence-corrected chi connectivity index (χ1v) is 3.71. The van der Waals surface area contributed by atoms with Gasteiger partial charge in [0.05, 0.1) is 5.54 Å². The zero-order valence-corrected chi connectivity index (χ0v) is 7.44. The van der Waals surface area contributed by atoms with Crippen LogP contribution in [0.4, 0.5) is 0 Å². The van der Waals surface area contributed by atoms with Gasteiger partial charge in [-0.3, -0.25) is 4.79 Å². The quantitative estimate of drug-likeness (QED) is 0.649. The van der Waals surface area contributed by atoms with Crippen molar-refractivity contribution in [2.75, 3.05) is 0 Å². The number of nitrogens with zero attached hydrogens (tertiary/aromatic N) is 2. The predicted molar refractivity (Wildman–Crippen MR) is 45.0 cm³/mol. The number of nitrogens with two attached hydrogens (primary N) is 1. The molecule has 0 saturated carbocycles. The fourth-order valence-corrected chi connectivity index (χ4v) is 0.933. The molecule has 1 amide bonds. The summed E-state index contributed by atoms with van der Waals surface area (Å²) in [5.74, 6) is -0.631. The minimum absolute atomic E-state index is 0.0390. The first-order valence-electron chi connectivity index (χ1n) is 3.71. The van der Waals surface area contributed by atoms with Crippen LogP contribution in [-0.4, -0.2) is 21.7 Å². The summed E-state index contributed by atoms with van der Waals surface area (Å²) in [5.41, 5.74) is 4.23. The number of rotatable bonds is 3. The Morgan fingerprint density at radius 1 is 1.77 bits per heavy atom. The Balaban J connectivity index is 3.22. The summed E-state index contributed by atoms with van der Waals surface area (Å²) < 4.78 is 1.39. The van der Waals surface area contributed by atoms with Crippen LogP contribution in [0.15, 0.2) is 6.20 Å². The third kappa shape index (κ3) is 1.58. The minimum atomic E-state index is -0.822. The molecule has 5 heteroatoms. The number of amides is 1. The molecule has 0 aromatic carbocycles. The van der Waals surface area contributed by atoms with E-state index in [0.29, 0.717) is 0 Å². The zero-order chi connectivity index (χ0) is 10.1. The van der Waals surface area contributed by atoms with E-state index in [1.807, 2.05) is 0 Å². The fraction of sp³-hybridized carbons (Fsp3) is 0.375. The monoisotopic (exact) mass is 180 g/mol. The highest BCUT2D eigenvalue weighted by Gasteiger charge is 2.23. The van der Waals surface area contributed by atoms with Crippen LogP contribution in [0, 0.1) is 6.20 Å². The molecule has 69 valence electrons. The molecule has 1 heterocycles. The third-order valence-corrected chi connectivity index (χ3v) is 1.72. The second-order valence-corrected chi connectivity index (χ2v) is 3.20. The minimum Gasteiger partial charge on any atom is -0.363 e. The van der Waals surface area contributed by atoms with Crippen molar-refractivity contribution in [2.24, 2.45) is 5.73 Å². The van der Waals surface area contributed by atoms with Crippen molar-refractivity contribution in [1.82, 2.24) is 9.55 Å². The van der Waals surface area contributed by atoms with E-state index < -0.39 is 11.4 Å². The predicted octanol–water partition coefficient (Wildman–Crippen LogP) is -0.284. The molecule has 0 fully saturated rings. The summed E-state index contributed by atoms with van der Waals surface area (Å²) in [6.07, 6.45) is 4.62. The summed E-state index contributed by atoms with van der Waals surface area (Å²) in [7, 11) is 0. The van der Waals surface area contributed by atoms with Gasteiger partial charge in [0.1, 0.15) is 12.5 Å². The van der Waals surface area contributed by atoms with E-state index in [-0.39, 0.29) is 5.82 Å². The standard InChI is InChI=1S/C8H10N3O2/c1-8(2,5-12)11-4-3-10-7(11)6(9)13/h4-5H,1-2H3,(H2,9,13). The van der Waals surface area contributed by atoms with Crippen LogP contribution >= 0.6 is 0 Å². The molecule has 1 aromatic heterocycles. The molecule has 0 aliphatic carbocycles. The highest BCUT2D eigenvalue weighted by atomic mass is 16.1. The Morgan fingerprint density at radius 3 is 2.85 bits per heavy atom. The molecule has 0 saturated heterocycles. The maximum Gasteiger partial charge on any atom is 0.284 e. The average Bonchev–Trinajstić information content (AvgIpc) is 2.52. The van der Waals surface area contributed by atoms with E-state index in [9.17, 15) is 9.59 Å². The molecular weight excluding hydrogens is 170 g/mol. The van der Waals surface area contributed by atoms with Crippen LogP contribution in [0.5, 0.6) is 0 Å². The van der Waals surface area contributed by atoms with E-state index in [0.717, 1.165) is 6.29 Å². The lowest BCUT2D eigenvalue weighted by atomic mass is 10.1. The summed E-state index contributed by atoms with van der Waals surface area (Å²) in [4.78, 5) is 25.2. The molecule has 2 N–H and O–H groups in total. The summed E-state index contributed by atoms with van der Waals surface area (Å²) in [5, 5.41) is 0. The number of primary amides is 1. The number of hydrogen-bond acceptors (Lipinski definition) is 3. The summed E-state index contributed by atoms with van der Waals surface area (Å²) in [6.45, 7) is 3.31. The van der Waals surface area contributed by atoms with Crippen LogP contribution in [0.3, 0.4) is 0 Å². The number of carbonyl (C=O) groups excluding carboxylic acids is 2. The topological polar surface area (TPSA) is 78.0 Å². The summed E-state index contributed by atoms with van der Waals surface area (Å²) >= 11 is 0. The number of carbonyl (C=O) groups is 2. The number of hydrogen-bond donors (Lipinski definition) is 1. The van der Waals surface area contributed by atoms with Gasteiger partial charge in [-0.05, 0) is 13.8 Å². The second-order valence-electron chi connectivity index (χ2n) is 3.20. The molecule has 0 unspecified atom stereocenters. The SMILES string of the molecule is CC(C)(C=O)n1c[c]nc1C(N)=O. The zero-order valence-electron chi connectivity index (χ0n) is 7.44. The smallest absolute Gasteiger partial charge is 0.284 e. The maximum atomic E-state index is 10.8. The molecule has 0 spiro atoms. The molecule has 0 aliphatic rings. The van der Waals surface area contributed by atoms with Crippen molar-refractivity contribution in [3.05, 3.63) is 18.2 Å². The van der Waals surface area contributed by atoms with Crippen LogP contribution in [0.2, 0.25) is 0 Å². The maximum absolute atomic E-state index is 10.8. The summed E-state index contributed by atoms with van der Waals surface area (Å²) in [6, 6.07) is 0. The molecule has 0 aliphatic heterocycles. The van der Waals surface area contributed by atoms with Crippen molar-refractivity contribution in [2.45, 2.75) is 19.4 Å². The van der Waals surface area contributed by atoms with Crippen molar-refractivity contribution >= 4 is 12.2 Å². The van der Waals surface area contributed by atoms with Gasteiger partial charge in [-0.25, -0.2) is 4.98 Å². The van der Waals surface area contributed by atoms with Gasteiger partial charge >= 0.3 is 0 Å². The van der Waals surface area contributed by atoms with E-state index >= 15 is 0 Å². The Kier molecular flexibility index (Phi) is 2.18. The van der Waals surface area contributed by atoms with Crippen LogP contribution in [0.1, 0.15) is 24.5 Å². The van der Waals surface area contributed by atoms with Crippen molar-refractivity contribution in [3.8, 4) is 0 Å². The van der Waals surface area contributed by atoms with Gasteiger partial charge < -0.3 is 15.1 Å². The molecule has 0 atom stereocenters. The number of aromatic nitrogens is 2.